The summed E-state index contributed by atoms with van der Waals surface area (Å²) in [7, 11) is 0. The Kier molecular flexibility index (Phi) is 3.34. The molecule has 8 atom stereocenters. The smallest absolute Gasteiger partial charge is 0.0780 e. The van der Waals surface area contributed by atoms with Crippen molar-refractivity contribution in [1.29, 1.82) is 0 Å². The van der Waals surface area contributed by atoms with Crippen LogP contribution in [0.2, 0.25) is 0 Å². The Balaban J connectivity index is 1.67. The Morgan fingerprint density at radius 3 is 2.36 bits per heavy atom. The minimum Gasteiger partial charge on any atom is -0.393 e. The van der Waals surface area contributed by atoms with Gasteiger partial charge in [-0.05, 0) is 91.9 Å². The summed E-state index contributed by atoms with van der Waals surface area (Å²) < 4.78 is 0. The van der Waals surface area contributed by atoms with Gasteiger partial charge in [-0.1, -0.05) is 19.9 Å². The molecule has 2 nitrogen and oxygen atoms in total. The van der Waals surface area contributed by atoms with Crippen LogP contribution in [0.5, 0.6) is 0 Å². The van der Waals surface area contributed by atoms with Gasteiger partial charge in [-0.3, -0.25) is 0 Å². The molecule has 0 aromatic heterocycles. The summed E-state index contributed by atoms with van der Waals surface area (Å²) in [5, 5.41) is 21.2. The molecule has 0 heterocycles. The van der Waals surface area contributed by atoms with E-state index < -0.39 is 0 Å². The normalized spacial score (nSPS) is 57.6. The zero-order valence-electron chi connectivity index (χ0n) is 14.4. The lowest BCUT2D eigenvalue weighted by atomic mass is 9.45. The standard InChI is InChI=1S/C20H32O2/c1-12-8-10-19(2)15-9-11-20(3)14(6-7-17(20)21)13(15)4-5-16(19)18(12)22/h8,13-18,21-22H,4-7,9-11H2,1-3H3/t13-,14-,15+,16?,17?,18?,19+,20-/m0/s1. The Labute approximate surface area is 135 Å². The second-order valence-corrected chi connectivity index (χ2v) is 9.30. The van der Waals surface area contributed by atoms with Crippen molar-refractivity contribution in [3.63, 3.8) is 0 Å². The number of rotatable bonds is 0. The molecule has 0 saturated heterocycles. The summed E-state index contributed by atoms with van der Waals surface area (Å²) in [5.74, 6) is 2.68. The highest BCUT2D eigenvalue weighted by Gasteiger charge is 2.60. The van der Waals surface area contributed by atoms with Crippen molar-refractivity contribution in [2.24, 2.45) is 34.5 Å². The van der Waals surface area contributed by atoms with Gasteiger partial charge in [0, 0.05) is 0 Å². The summed E-state index contributed by atoms with van der Waals surface area (Å²) >= 11 is 0. The van der Waals surface area contributed by atoms with Gasteiger partial charge in [0.1, 0.15) is 0 Å². The number of aliphatic hydroxyl groups is 2. The third kappa shape index (κ3) is 1.80. The average Bonchev–Trinajstić information content (AvgIpc) is 2.79. The molecule has 2 heteroatoms. The fourth-order valence-electron chi connectivity index (χ4n) is 7.10. The summed E-state index contributed by atoms with van der Waals surface area (Å²) in [6.45, 7) is 6.90. The molecule has 0 aliphatic heterocycles. The van der Waals surface area contributed by atoms with E-state index in [9.17, 15) is 10.2 Å². The van der Waals surface area contributed by atoms with Crippen LogP contribution < -0.4 is 0 Å². The molecule has 4 aliphatic rings. The van der Waals surface area contributed by atoms with Gasteiger partial charge in [0.25, 0.3) is 0 Å². The molecule has 3 unspecified atom stereocenters. The summed E-state index contributed by atoms with van der Waals surface area (Å²) in [6.07, 6.45) is 10.2. The van der Waals surface area contributed by atoms with Gasteiger partial charge in [0.05, 0.1) is 12.2 Å². The van der Waals surface area contributed by atoms with Crippen LogP contribution in [0, 0.1) is 34.5 Å². The maximum absolute atomic E-state index is 10.7. The molecule has 4 rings (SSSR count). The number of hydrogen-bond acceptors (Lipinski definition) is 2. The van der Waals surface area contributed by atoms with Crippen LogP contribution in [-0.4, -0.2) is 22.4 Å². The second-order valence-electron chi connectivity index (χ2n) is 9.30. The molecule has 4 aliphatic carbocycles. The van der Waals surface area contributed by atoms with E-state index in [0.717, 1.165) is 24.7 Å². The maximum Gasteiger partial charge on any atom is 0.0780 e. The fourth-order valence-corrected chi connectivity index (χ4v) is 7.10. The van der Waals surface area contributed by atoms with E-state index in [1.807, 2.05) is 0 Å². The average molecular weight is 304 g/mol. The minimum atomic E-state index is -0.220. The molecule has 22 heavy (non-hydrogen) atoms. The van der Waals surface area contributed by atoms with Crippen molar-refractivity contribution in [3.8, 4) is 0 Å². The van der Waals surface area contributed by atoms with Gasteiger partial charge in [0.15, 0.2) is 0 Å². The SMILES string of the molecule is CC1=CC[C@@]2(C)C(CC[C@@H]3[C@H]2CC[C@]2(C)C(O)CC[C@@H]32)C1O. The Bertz CT molecular complexity index is 498. The molecular formula is C20H32O2. The van der Waals surface area contributed by atoms with Crippen LogP contribution in [0.15, 0.2) is 11.6 Å². The summed E-state index contributed by atoms with van der Waals surface area (Å²) in [6, 6.07) is 0. The molecule has 0 bridgehead atoms. The first-order valence-corrected chi connectivity index (χ1v) is 9.41. The molecule has 0 aromatic rings. The minimum absolute atomic E-state index is 0.0805. The van der Waals surface area contributed by atoms with Crippen molar-refractivity contribution in [2.45, 2.75) is 77.9 Å². The van der Waals surface area contributed by atoms with E-state index >= 15 is 0 Å². The first-order valence-electron chi connectivity index (χ1n) is 9.41. The number of aliphatic hydroxyl groups excluding tert-OH is 2. The van der Waals surface area contributed by atoms with Crippen LogP contribution >= 0.6 is 0 Å². The van der Waals surface area contributed by atoms with Crippen LogP contribution in [-0.2, 0) is 0 Å². The molecule has 0 amide bonds. The quantitative estimate of drug-likeness (QED) is 0.666. The second kappa shape index (κ2) is 4.83. The predicted molar refractivity (Wildman–Crippen MR) is 88.3 cm³/mol. The molecule has 0 radical (unpaired) electrons. The molecular weight excluding hydrogens is 272 g/mol. The lowest BCUT2D eigenvalue weighted by molar-refractivity contribution is -0.129. The van der Waals surface area contributed by atoms with Gasteiger partial charge in [0.2, 0.25) is 0 Å². The highest BCUT2D eigenvalue weighted by Crippen LogP contribution is 2.65. The lowest BCUT2D eigenvalue weighted by Crippen LogP contribution is -2.55. The number of fused-ring (bicyclic) bond motifs is 5. The topological polar surface area (TPSA) is 40.5 Å². The Morgan fingerprint density at radius 2 is 1.59 bits per heavy atom. The number of hydrogen-bond donors (Lipinski definition) is 2. The van der Waals surface area contributed by atoms with Crippen molar-refractivity contribution in [3.05, 3.63) is 11.6 Å². The van der Waals surface area contributed by atoms with Crippen molar-refractivity contribution < 1.29 is 10.2 Å². The highest BCUT2D eigenvalue weighted by atomic mass is 16.3. The molecule has 0 spiro atoms. The van der Waals surface area contributed by atoms with Gasteiger partial charge >= 0.3 is 0 Å². The van der Waals surface area contributed by atoms with E-state index in [2.05, 4.69) is 26.8 Å². The Morgan fingerprint density at radius 1 is 0.909 bits per heavy atom. The molecule has 2 N–H and O–H groups in total. The summed E-state index contributed by atoms with van der Waals surface area (Å²) in [5.41, 5.74) is 1.64. The van der Waals surface area contributed by atoms with Crippen molar-refractivity contribution >= 4 is 0 Å². The van der Waals surface area contributed by atoms with Crippen molar-refractivity contribution in [1.82, 2.24) is 0 Å². The molecule has 124 valence electrons. The van der Waals surface area contributed by atoms with Gasteiger partial charge in [-0.25, -0.2) is 0 Å². The first-order chi connectivity index (χ1) is 10.4. The highest BCUT2D eigenvalue weighted by molar-refractivity contribution is 5.19. The molecule has 0 aromatic carbocycles. The van der Waals surface area contributed by atoms with Crippen LogP contribution in [0.4, 0.5) is 0 Å². The number of allylic oxidation sites excluding steroid dienone is 1. The lowest BCUT2D eigenvalue weighted by Gasteiger charge is -2.60. The largest absolute Gasteiger partial charge is 0.393 e. The monoisotopic (exact) mass is 304 g/mol. The predicted octanol–water partition coefficient (Wildman–Crippen LogP) is 3.92. The van der Waals surface area contributed by atoms with Crippen molar-refractivity contribution in [2.75, 3.05) is 0 Å². The zero-order valence-corrected chi connectivity index (χ0v) is 14.4. The van der Waals surface area contributed by atoms with Crippen LogP contribution in [0.25, 0.3) is 0 Å². The van der Waals surface area contributed by atoms with E-state index in [4.69, 9.17) is 0 Å². The van der Waals surface area contributed by atoms with Gasteiger partial charge in [-0.2, -0.15) is 0 Å². The van der Waals surface area contributed by atoms with E-state index in [1.54, 1.807) is 0 Å². The first kappa shape index (κ1) is 15.2. The third-order valence-corrected chi connectivity index (χ3v) is 8.60. The molecule has 3 saturated carbocycles. The van der Waals surface area contributed by atoms with Crippen LogP contribution in [0.3, 0.4) is 0 Å². The van der Waals surface area contributed by atoms with Gasteiger partial charge in [-0.15, -0.1) is 0 Å². The fraction of sp³-hybridized carbons (Fsp3) is 0.900. The Hall–Kier alpha value is -0.340. The van der Waals surface area contributed by atoms with E-state index in [0.29, 0.717) is 11.8 Å². The molecule has 3 fully saturated rings. The van der Waals surface area contributed by atoms with E-state index in [1.165, 1.54) is 37.7 Å². The van der Waals surface area contributed by atoms with Crippen LogP contribution in [0.1, 0.15) is 65.7 Å². The van der Waals surface area contributed by atoms with Gasteiger partial charge < -0.3 is 10.2 Å². The van der Waals surface area contributed by atoms with E-state index in [-0.39, 0.29) is 23.0 Å². The maximum atomic E-state index is 10.7. The summed E-state index contributed by atoms with van der Waals surface area (Å²) in [4.78, 5) is 0. The third-order valence-electron chi connectivity index (χ3n) is 8.60. The zero-order chi connectivity index (χ0) is 15.7.